The third kappa shape index (κ3) is 3.71. The van der Waals surface area contributed by atoms with Crippen LogP contribution in [0.4, 0.5) is 11.4 Å². The molecule has 1 amide bonds. The van der Waals surface area contributed by atoms with Crippen LogP contribution in [0.5, 0.6) is 0 Å². The van der Waals surface area contributed by atoms with Crippen molar-refractivity contribution in [1.29, 1.82) is 0 Å². The number of rotatable bonds is 5. The smallest absolute Gasteiger partial charge is 0.241 e. The molecule has 1 fully saturated rings. The van der Waals surface area contributed by atoms with E-state index >= 15 is 0 Å². The van der Waals surface area contributed by atoms with Gasteiger partial charge >= 0.3 is 0 Å². The molecule has 1 aliphatic heterocycles. The number of methoxy groups -OCH3 is 1. The van der Waals surface area contributed by atoms with Crippen LogP contribution in [0.15, 0.2) is 24.3 Å². The molecule has 0 bridgehead atoms. The van der Waals surface area contributed by atoms with E-state index < -0.39 is 0 Å². The molecule has 0 aliphatic carbocycles. The van der Waals surface area contributed by atoms with Crippen LogP contribution >= 0.6 is 0 Å². The second kappa shape index (κ2) is 6.72. The van der Waals surface area contributed by atoms with Crippen LogP contribution in [0.3, 0.4) is 0 Å². The van der Waals surface area contributed by atoms with Crippen molar-refractivity contribution in [3.63, 3.8) is 0 Å². The molecule has 20 heavy (non-hydrogen) atoms. The largest absolute Gasteiger partial charge is 0.399 e. The van der Waals surface area contributed by atoms with Crippen molar-refractivity contribution in [3.8, 4) is 0 Å². The fraction of sp³-hybridized carbons (Fsp3) is 0.533. The molecule has 2 unspecified atom stereocenters. The molecule has 1 aliphatic rings. The Labute approximate surface area is 120 Å². The molecule has 0 radical (unpaired) electrons. The Morgan fingerprint density at radius 2 is 2.20 bits per heavy atom. The zero-order valence-corrected chi connectivity index (χ0v) is 12.1. The third-order valence-corrected chi connectivity index (χ3v) is 3.83. The number of ether oxygens (including phenoxy) is 1. The fourth-order valence-electron chi connectivity index (χ4n) is 2.57. The molecule has 2 rings (SSSR count). The molecule has 1 heterocycles. The van der Waals surface area contributed by atoms with Crippen LogP contribution in [0.1, 0.15) is 13.3 Å². The number of nitrogen functional groups attached to an aromatic ring is 1. The van der Waals surface area contributed by atoms with Gasteiger partial charge in [-0.2, -0.15) is 0 Å². The van der Waals surface area contributed by atoms with Gasteiger partial charge < -0.3 is 15.8 Å². The first-order chi connectivity index (χ1) is 9.60. The van der Waals surface area contributed by atoms with E-state index in [-0.39, 0.29) is 11.9 Å². The van der Waals surface area contributed by atoms with E-state index in [0.29, 0.717) is 11.6 Å². The summed E-state index contributed by atoms with van der Waals surface area (Å²) in [5.41, 5.74) is 7.10. The lowest BCUT2D eigenvalue weighted by molar-refractivity contribution is -0.120. The van der Waals surface area contributed by atoms with Gasteiger partial charge in [0.2, 0.25) is 5.91 Å². The number of benzene rings is 1. The van der Waals surface area contributed by atoms with Gasteiger partial charge in [-0.25, -0.2) is 0 Å². The van der Waals surface area contributed by atoms with Crippen LogP contribution in [0, 0.1) is 5.92 Å². The number of hydrogen-bond donors (Lipinski definition) is 2. The molecular formula is C15H23N3O2. The average Bonchev–Trinajstić information content (AvgIpc) is 2.89. The number of carbonyl (C=O) groups is 1. The number of carbonyl (C=O) groups excluding carboxylic acids is 1. The quantitative estimate of drug-likeness (QED) is 0.802. The Bertz CT molecular complexity index is 447. The normalized spacial score (nSPS) is 20.8. The number of nitrogens with two attached hydrogens (primary N) is 1. The van der Waals surface area contributed by atoms with E-state index in [1.807, 2.05) is 19.1 Å². The Hall–Kier alpha value is -1.59. The summed E-state index contributed by atoms with van der Waals surface area (Å²) in [5.74, 6) is 0.555. The van der Waals surface area contributed by atoms with Crippen LogP contribution in [0.25, 0.3) is 0 Å². The zero-order chi connectivity index (χ0) is 14.5. The maximum atomic E-state index is 12.2. The van der Waals surface area contributed by atoms with Crippen molar-refractivity contribution in [1.82, 2.24) is 4.90 Å². The summed E-state index contributed by atoms with van der Waals surface area (Å²) in [7, 11) is 1.72. The Balaban J connectivity index is 1.87. The van der Waals surface area contributed by atoms with Crippen LogP contribution in [0.2, 0.25) is 0 Å². The van der Waals surface area contributed by atoms with Gasteiger partial charge in [0.15, 0.2) is 0 Å². The standard InChI is InChI=1S/C15H23N3O2/c1-11(18-8-7-12(9-18)10-20-2)15(19)17-14-5-3-13(16)4-6-14/h3-6,11-12H,7-10,16H2,1-2H3,(H,17,19). The fourth-order valence-corrected chi connectivity index (χ4v) is 2.57. The number of nitrogens with zero attached hydrogens (tertiary/aromatic N) is 1. The van der Waals surface area contributed by atoms with Gasteiger partial charge in [0.05, 0.1) is 12.6 Å². The highest BCUT2D eigenvalue weighted by atomic mass is 16.5. The highest BCUT2D eigenvalue weighted by Gasteiger charge is 2.29. The molecule has 0 spiro atoms. The van der Waals surface area contributed by atoms with Crippen LogP contribution < -0.4 is 11.1 Å². The minimum Gasteiger partial charge on any atom is -0.399 e. The number of amides is 1. The zero-order valence-electron chi connectivity index (χ0n) is 12.1. The molecule has 2 atom stereocenters. The van der Waals surface area contributed by atoms with E-state index in [2.05, 4.69) is 10.2 Å². The van der Waals surface area contributed by atoms with E-state index in [1.165, 1.54) is 0 Å². The maximum absolute atomic E-state index is 12.2. The number of likely N-dealkylation sites (tertiary alicyclic amines) is 1. The minimum absolute atomic E-state index is 0.0211. The maximum Gasteiger partial charge on any atom is 0.241 e. The first-order valence-electron chi connectivity index (χ1n) is 6.99. The summed E-state index contributed by atoms with van der Waals surface area (Å²) < 4.78 is 5.18. The van der Waals surface area contributed by atoms with Crippen molar-refractivity contribution >= 4 is 17.3 Å². The molecule has 0 aromatic heterocycles. The summed E-state index contributed by atoms with van der Waals surface area (Å²) in [4.78, 5) is 14.4. The third-order valence-electron chi connectivity index (χ3n) is 3.83. The number of hydrogen-bond acceptors (Lipinski definition) is 4. The lowest BCUT2D eigenvalue weighted by Gasteiger charge is -2.23. The van der Waals surface area contributed by atoms with E-state index in [9.17, 15) is 4.79 Å². The molecule has 5 heteroatoms. The topological polar surface area (TPSA) is 67.6 Å². The first kappa shape index (κ1) is 14.8. The summed E-state index contributed by atoms with van der Waals surface area (Å²) in [5, 5.41) is 2.93. The molecule has 1 aromatic carbocycles. The summed E-state index contributed by atoms with van der Waals surface area (Å²) in [6.45, 7) is 4.58. The van der Waals surface area contributed by atoms with Crippen molar-refractivity contribution < 1.29 is 9.53 Å². The van der Waals surface area contributed by atoms with Gasteiger partial charge in [0.25, 0.3) is 0 Å². The predicted molar refractivity (Wildman–Crippen MR) is 80.5 cm³/mol. The Morgan fingerprint density at radius 1 is 1.50 bits per heavy atom. The molecular weight excluding hydrogens is 254 g/mol. The molecule has 5 nitrogen and oxygen atoms in total. The van der Waals surface area contributed by atoms with Crippen molar-refractivity contribution in [2.45, 2.75) is 19.4 Å². The highest BCUT2D eigenvalue weighted by molar-refractivity contribution is 5.94. The van der Waals surface area contributed by atoms with Crippen molar-refractivity contribution in [3.05, 3.63) is 24.3 Å². The lowest BCUT2D eigenvalue weighted by Crippen LogP contribution is -2.40. The second-order valence-electron chi connectivity index (χ2n) is 5.39. The molecule has 110 valence electrons. The second-order valence-corrected chi connectivity index (χ2v) is 5.39. The molecule has 1 saturated heterocycles. The van der Waals surface area contributed by atoms with Gasteiger partial charge in [-0.1, -0.05) is 0 Å². The molecule has 0 saturated carbocycles. The van der Waals surface area contributed by atoms with Crippen molar-refractivity contribution in [2.24, 2.45) is 5.92 Å². The first-order valence-corrected chi connectivity index (χ1v) is 6.99. The van der Waals surface area contributed by atoms with E-state index in [0.717, 1.165) is 31.8 Å². The Kier molecular flexibility index (Phi) is 4.98. The van der Waals surface area contributed by atoms with Crippen LogP contribution in [-0.2, 0) is 9.53 Å². The number of anilines is 2. The van der Waals surface area contributed by atoms with E-state index in [1.54, 1.807) is 19.2 Å². The van der Waals surface area contributed by atoms with Crippen LogP contribution in [-0.4, -0.2) is 43.7 Å². The lowest BCUT2D eigenvalue weighted by atomic mass is 10.1. The van der Waals surface area contributed by atoms with Gasteiger partial charge in [-0.3, -0.25) is 9.69 Å². The highest BCUT2D eigenvalue weighted by Crippen LogP contribution is 2.20. The predicted octanol–water partition coefficient (Wildman–Crippen LogP) is 1.56. The van der Waals surface area contributed by atoms with E-state index in [4.69, 9.17) is 10.5 Å². The summed E-state index contributed by atoms with van der Waals surface area (Å²) in [6.07, 6.45) is 1.09. The SMILES string of the molecule is COCC1CCN(C(C)C(=O)Nc2ccc(N)cc2)C1. The van der Waals surface area contributed by atoms with Gasteiger partial charge in [-0.15, -0.1) is 0 Å². The molecule has 3 N–H and O–H groups in total. The van der Waals surface area contributed by atoms with Crippen molar-refractivity contribution in [2.75, 3.05) is 37.9 Å². The van der Waals surface area contributed by atoms with Gasteiger partial charge in [0.1, 0.15) is 0 Å². The Morgan fingerprint density at radius 3 is 2.85 bits per heavy atom. The van der Waals surface area contributed by atoms with Gasteiger partial charge in [0, 0.05) is 25.0 Å². The molecule has 1 aromatic rings. The monoisotopic (exact) mass is 277 g/mol. The number of nitrogens with one attached hydrogen (secondary N) is 1. The average molecular weight is 277 g/mol. The summed E-state index contributed by atoms with van der Waals surface area (Å²) >= 11 is 0. The van der Waals surface area contributed by atoms with Gasteiger partial charge in [-0.05, 0) is 50.1 Å². The minimum atomic E-state index is -0.130. The summed E-state index contributed by atoms with van der Waals surface area (Å²) in [6, 6.07) is 7.07.